The average molecular weight is 705 g/mol. The molecule has 6 rings (SSSR count). The summed E-state index contributed by atoms with van der Waals surface area (Å²) < 4.78 is 29.7. The SMILES string of the molecule is CCOC(=O)C1=C(c2ccccc2)N=c2s/c(=C\c3ccc(OCc4ccc(C(=O)OCC)cc4)c(OC)c3)c(=O)n2[C@@H]1c1ccc(OC)cc1. The predicted octanol–water partition coefficient (Wildman–Crippen LogP) is 5.71. The van der Waals surface area contributed by atoms with E-state index in [-0.39, 0.29) is 30.3 Å². The minimum Gasteiger partial charge on any atom is -0.497 e. The molecule has 0 bridgehead atoms. The molecule has 1 aromatic heterocycles. The molecule has 0 saturated heterocycles. The van der Waals surface area contributed by atoms with E-state index >= 15 is 0 Å². The van der Waals surface area contributed by atoms with Crippen molar-refractivity contribution in [3.8, 4) is 17.2 Å². The van der Waals surface area contributed by atoms with Crippen LogP contribution in [0, 0.1) is 0 Å². The van der Waals surface area contributed by atoms with Crippen molar-refractivity contribution in [2.45, 2.75) is 26.5 Å². The van der Waals surface area contributed by atoms with Gasteiger partial charge in [-0.1, -0.05) is 72.0 Å². The van der Waals surface area contributed by atoms with Crippen LogP contribution in [0.2, 0.25) is 0 Å². The first-order chi connectivity index (χ1) is 24.8. The molecule has 0 amide bonds. The van der Waals surface area contributed by atoms with Crippen molar-refractivity contribution in [3.63, 3.8) is 0 Å². The van der Waals surface area contributed by atoms with E-state index in [1.807, 2.05) is 60.7 Å². The van der Waals surface area contributed by atoms with Crippen molar-refractivity contribution < 1.29 is 33.3 Å². The number of ether oxygens (including phenoxy) is 5. The minimum absolute atomic E-state index is 0.160. The molecule has 1 atom stereocenters. The van der Waals surface area contributed by atoms with Crippen molar-refractivity contribution in [2.24, 2.45) is 4.99 Å². The molecule has 0 unspecified atom stereocenters. The number of methoxy groups -OCH3 is 2. The zero-order valence-electron chi connectivity index (χ0n) is 28.6. The molecule has 5 aromatic rings. The van der Waals surface area contributed by atoms with Gasteiger partial charge in [0.2, 0.25) is 0 Å². The molecule has 0 radical (unpaired) electrons. The number of nitrogens with zero attached hydrogens (tertiary/aromatic N) is 2. The zero-order valence-corrected chi connectivity index (χ0v) is 29.4. The fourth-order valence-corrected chi connectivity index (χ4v) is 6.70. The summed E-state index contributed by atoms with van der Waals surface area (Å²) in [6, 6.07) is 28.3. The third kappa shape index (κ3) is 7.48. The second kappa shape index (κ2) is 15.7. The monoisotopic (exact) mass is 704 g/mol. The van der Waals surface area contributed by atoms with E-state index in [1.54, 1.807) is 75.1 Å². The lowest BCUT2D eigenvalue weighted by Crippen LogP contribution is -2.40. The van der Waals surface area contributed by atoms with E-state index in [0.29, 0.717) is 55.6 Å². The first-order valence-electron chi connectivity index (χ1n) is 16.3. The summed E-state index contributed by atoms with van der Waals surface area (Å²) in [6.07, 6.45) is 1.77. The molecule has 1 aliphatic heterocycles. The number of carbonyl (C=O) groups is 2. The third-order valence-corrected chi connectivity index (χ3v) is 9.13. The van der Waals surface area contributed by atoms with Crippen LogP contribution in [0.4, 0.5) is 0 Å². The Morgan fingerprint density at radius 1 is 0.824 bits per heavy atom. The number of benzene rings is 4. The fourth-order valence-electron chi connectivity index (χ4n) is 5.70. The molecular weight excluding hydrogens is 669 g/mol. The standard InChI is InChI=1S/C40H36N2O8S/c1-5-48-38(44)29-15-12-25(13-16-29)24-50-31-21-14-26(22-32(31)47-4)23-33-37(43)42-36(28-17-19-30(46-3)20-18-28)34(39(45)49-6-2)35(41-40(42)51-33)27-10-8-7-9-11-27/h7-23,36H,5-6,24H2,1-4H3/b33-23-/t36-/m1/s1. The van der Waals surface area contributed by atoms with Gasteiger partial charge in [0, 0.05) is 5.56 Å². The minimum atomic E-state index is -0.805. The fraction of sp³-hybridized carbons (Fsp3) is 0.200. The van der Waals surface area contributed by atoms with Crippen molar-refractivity contribution in [1.29, 1.82) is 0 Å². The van der Waals surface area contributed by atoms with Gasteiger partial charge in [-0.3, -0.25) is 9.36 Å². The molecule has 0 N–H and O–H groups in total. The van der Waals surface area contributed by atoms with Gasteiger partial charge in [0.05, 0.1) is 54.8 Å². The lowest BCUT2D eigenvalue weighted by Gasteiger charge is -2.26. The molecule has 0 saturated carbocycles. The van der Waals surface area contributed by atoms with Gasteiger partial charge in [-0.25, -0.2) is 14.6 Å². The molecule has 260 valence electrons. The Kier molecular flexibility index (Phi) is 10.8. The van der Waals surface area contributed by atoms with Crippen molar-refractivity contribution in [2.75, 3.05) is 27.4 Å². The number of carbonyl (C=O) groups excluding carboxylic acids is 2. The van der Waals surface area contributed by atoms with Gasteiger partial charge in [-0.15, -0.1) is 0 Å². The molecule has 0 spiro atoms. The molecule has 2 heterocycles. The van der Waals surface area contributed by atoms with E-state index in [0.717, 1.165) is 11.1 Å². The van der Waals surface area contributed by atoms with E-state index in [1.165, 1.54) is 11.3 Å². The normalized spacial score (nSPS) is 14.0. The smallest absolute Gasteiger partial charge is 0.338 e. The highest BCUT2D eigenvalue weighted by Gasteiger charge is 2.35. The van der Waals surface area contributed by atoms with E-state index in [4.69, 9.17) is 28.7 Å². The maximum Gasteiger partial charge on any atom is 0.338 e. The predicted molar refractivity (Wildman–Crippen MR) is 194 cm³/mol. The second-order valence-electron chi connectivity index (χ2n) is 11.3. The molecule has 4 aromatic carbocycles. The number of rotatable bonds is 12. The van der Waals surface area contributed by atoms with Gasteiger partial charge in [0.1, 0.15) is 12.4 Å². The highest BCUT2D eigenvalue weighted by molar-refractivity contribution is 7.07. The van der Waals surface area contributed by atoms with Crippen molar-refractivity contribution in [3.05, 3.63) is 150 Å². The largest absolute Gasteiger partial charge is 0.497 e. The Morgan fingerprint density at radius 2 is 1.53 bits per heavy atom. The Balaban J connectivity index is 1.39. The van der Waals surface area contributed by atoms with E-state index < -0.39 is 12.0 Å². The molecule has 51 heavy (non-hydrogen) atoms. The number of esters is 2. The van der Waals surface area contributed by atoms with E-state index in [9.17, 15) is 14.4 Å². The summed E-state index contributed by atoms with van der Waals surface area (Å²) in [5.74, 6) is 0.709. The van der Waals surface area contributed by atoms with Crippen LogP contribution >= 0.6 is 11.3 Å². The average Bonchev–Trinajstić information content (AvgIpc) is 3.47. The van der Waals surface area contributed by atoms with Crippen LogP contribution in [0.3, 0.4) is 0 Å². The van der Waals surface area contributed by atoms with Crippen LogP contribution in [0.15, 0.2) is 112 Å². The molecular formula is C40H36N2O8S. The van der Waals surface area contributed by atoms with Crippen LogP contribution in [-0.2, 0) is 20.9 Å². The quantitative estimate of drug-likeness (QED) is 0.152. The Morgan fingerprint density at radius 3 is 2.20 bits per heavy atom. The Labute approximate surface area is 298 Å². The lowest BCUT2D eigenvalue weighted by atomic mass is 9.93. The molecule has 0 aliphatic carbocycles. The van der Waals surface area contributed by atoms with Crippen LogP contribution in [0.1, 0.15) is 52.5 Å². The molecule has 0 fully saturated rings. The van der Waals surface area contributed by atoms with Crippen molar-refractivity contribution in [1.82, 2.24) is 4.57 Å². The lowest BCUT2D eigenvalue weighted by molar-refractivity contribution is -0.138. The number of thiazole rings is 1. The number of fused-ring (bicyclic) bond motifs is 1. The summed E-state index contributed by atoms with van der Waals surface area (Å²) in [6.45, 7) is 4.22. The zero-order chi connectivity index (χ0) is 35.9. The molecule has 11 heteroatoms. The van der Waals surface area contributed by atoms with Crippen LogP contribution in [-0.4, -0.2) is 43.9 Å². The van der Waals surface area contributed by atoms with Gasteiger partial charge >= 0.3 is 11.9 Å². The first-order valence-corrected chi connectivity index (χ1v) is 17.2. The van der Waals surface area contributed by atoms with Crippen LogP contribution in [0.25, 0.3) is 11.8 Å². The summed E-state index contributed by atoms with van der Waals surface area (Å²) in [5.41, 5.74) is 3.87. The summed E-state index contributed by atoms with van der Waals surface area (Å²) >= 11 is 1.23. The van der Waals surface area contributed by atoms with Crippen molar-refractivity contribution >= 4 is 35.0 Å². The maximum atomic E-state index is 14.3. The topological polar surface area (TPSA) is 115 Å². The summed E-state index contributed by atoms with van der Waals surface area (Å²) in [5, 5.41) is 0. The highest BCUT2D eigenvalue weighted by Crippen LogP contribution is 2.36. The maximum absolute atomic E-state index is 14.3. The Hall–Kier alpha value is -5.94. The van der Waals surface area contributed by atoms with Crippen LogP contribution < -0.4 is 29.1 Å². The molecule has 1 aliphatic rings. The first kappa shape index (κ1) is 34.9. The summed E-state index contributed by atoms with van der Waals surface area (Å²) in [7, 11) is 3.13. The number of hydrogen-bond donors (Lipinski definition) is 0. The van der Waals surface area contributed by atoms with Gasteiger partial charge in [0.25, 0.3) is 5.56 Å². The number of aromatic nitrogens is 1. The summed E-state index contributed by atoms with van der Waals surface area (Å²) in [4.78, 5) is 45.3. The van der Waals surface area contributed by atoms with Crippen LogP contribution in [0.5, 0.6) is 17.2 Å². The Bertz CT molecular complexity index is 2260. The van der Waals surface area contributed by atoms with Gasteiger partial charge in [-0.2, -0.15) is 0 Å². The van der Waals surface area contributed by atoms with E-state index in [2.05, 4.69) is 0 Å². The molecule has 10 nitrogen and oxygen atoms in total. The second-order valence-corrected chi connectivity index (χ2v) is 12.3. The third-order valence-electron chi connectivity index (χ3n) is 8.15. The van der Waals surface area contributed by atoms with Gasteiger partial charge in [-0.05, 0) is 73.0 Å². The highest BCUT2D eigenvalue weighted by atomic mass is 32.1. The number of hydrogen-bond acceptors (Lipinski definition) is 10. The van der Waals surface area contributed by atoms with Gasteiger partial charge < -0.3 is 23.7 Å². The van der Waals surface area contributed by atoms with Gasteiger partial charge in [0.15, 0.2) is 16.3 Å².